The maximum atomic E-state index is 14.9. The maximum Gasteiger partial charge on any atom is 0.304 e. The number of benzene rings is 1. The lowest BCUT2D eigenvalue weighted by Gasteiger charge is -2.39. The molecule has 5 atom stereocenters. The van der Waals surface area contributed by atoms with Crippen LogP contribution in [-0.2, 0) is 25.5 Å². The number of aliphatic hydroxyl groups excluding tert-OH is 1. The van der Waals surface area contributed by atoms with Crippen molar-refractivity contribution < 1.29 is 28.3 Å². The summed E-state index contributed by atoms with van der Waals surface area (Å²) < 4.78 is 26.2. The van der Waals surface area contributed by atoms with E-state index in [1.807, 2.05) is 24.3 Å². The SMILES string of the molecule is CC(=O)OC1CC(=O)N1c1ccc(CC[C@@H]2O[C@H](CCO)[C@@H]([Si](C)(C)F)[C@@H]2C)cc1. The number of anilines is 1. The summed E-state index contributed by atoms with van der Waals surface area (Å²) in [7, 11) is -2.89. The lowest BCUT2D eigenvalue weighted by molar-refractivity contribution is -0.153. The average Bonchev–Trinajstić information content (AvgIpc) is 2.96. The molecule has 0 spiro atoms. The summed E-state index contributed by atoms with van der Waals surface area (Å²) in [5, 5.41) is 9.33. The Labute approximate surface area is 178 Å². The summed E-state index contributed by atoms with van der Waals surface area (Å²) in [5.74, 6) is -0.353. The van der Waals surface area contributed by atoms with Gasteiger partial charge in [-0.05, 0) is 56.0 Å². The van der Waals surface area contributed by atoms with Crippen molar-refractivity contribution in [3.05, 3.63) is 29.8 Å². The van der Waals surface area contributed by atoms with Crippen LogP contribution in [0.25, 0.3) is 0 Å². The van der Waals surface area contributed by atoms with Crippen molar-refractivity contribution in [2.45, 2.75) is 76.6 Å². The van der Waals surface area contributed by atoms with Crippen LogP contribution in [0.2, 0.25) is 18.6 Å². The van der Waals surface area contributed by atoms with Gasteiger partial charge in [-0.3, -0.25) is 14.5 Å². The monoisotopic (exact) mass is 437 g/mol. The molecule has 1 aromatic carbocycles. The van der Waals surface area contributed by atoms with Gasteiger partial charge < -0.3 is 18.7 Å². The first-order valence-corrected chi connectivity index (χ1v) is 13.6. The van der Waals surface area contributed by atoms with Gasteiger partial charge in [0, 0.05) is 24.8 Å². The third kappa shape index (κ3) is 4.92. The van der Waals surface area contributed by atoms with E-state index in [0.29, 0.717) is 12.1 Å². The number of amides is 1. The number of ether oxygens (including phenoxy) is 2. The predicted molar refractivity (Wildman–Crippen MR) is 114 cm³/mol. The molecule has 2 heterocycles. The van der Waals surface area contributed by atoms with Gasteiger partial charge in [-0.2, -0.15) is 0 Å². The standard InChI is InChI=1S/C22H32FNO5Si/c1-14-18(29-19(11-12-25)22(14)30(3,4)23)10-7-16-5-8-17(9-6-16)24-20(27)13-21(24)28-15(2)26/h5-6,8-9,14,18-19,21-22,25H,7,10-13H2,1-4H3/t14-,18+,19-,21?,22+/m1/s1. The second-order valence-corrected chi connectivity index (χ2v) is 12.7. The fourth-order valence-electron chi connectivity index (χ4n) is 4.89. The lowest BCUT2D eigenvalue weighted by atomic mass is 9.95. The quantitative estimate of drug-likeness (QED) is 0.291. The minimum atomic E-state index is -2.89. The van der Waals surface area contributed by atoms with E-state index in [1.165, 1.54) is 11.8 Å². The zero-order chi connectivity index (χ0) is 22.1. The number of carbonyl (C=O) groups is 2. The van der Waals surface area contributed by atoms with Crippen LogP contribution in [0, 0.1) is 5.92 Å². The number of halogens is 1. The normalized spacial score (nSPS) is 29.1. The minimum Gasteiger partial charge on any atom is -0.441 e. The van der Waals surface area contributed by atoms with Gasteiger partial charge in [0.25, 0.3) is 0 Å². The largest absolute Gasteiger partial charge is 0.441 e. The van der Waals surface area contributed by atoms with Gasteiger partial charge in [0.2, 0.25) is 14.3 Å². The van der Waals surface area contributed by atoms with Crippen molar-refractivity contribution in [3.8, 4) is 0 Å². The van der Waals surface area contributed by atoms with Crippen molar-refractivity contribution in [2.24, 2.45) is 5.92 Å². The van der Waals surface area contributed by atoms with Crippen LogP contribution in [0.3, 0.4) is 0 Å². The molecule has 0 aliphatic carbocycles. The number of aryl methyl sites for hydroxylation is 1. The molecule has 0 radical (unpaired) electrons. The number of hydrogen-bond acceptors (Lipinski definition) is 5. The Morgan fingerprint density at radius 3 is 2.47 bits per heavy atom. The maximum absolute atomic E-state index is 14.9. The summed E-state index contributed by atoms with van der Waals surface area (Å²) in [6.45, 7) is 6.86. The van der Waals surface area contributed by atoms with Gasteiger partial charge in [-0.1, -0.05) is 19.1 Å². The van der Waals surface area contributed by atoms with Crippen LogP contribution < -0.4 is 4.90 Å². The molecule has 166 valence electrons. The molecule has 2 saturated heterocycles. The molecule has 1 N–H and O–H groups in total. The molecule has 6 nitrogen and oxygen atoms in total. The number of β-lactam (4-membered cyclic amide) rings is 1. The molecule has 3 rings (SSSR count). The Hall–Kier alpha value is -1.77. The van der Waals surface area contributed by atoms with E-state index in [1.54, 1.807) is 13.1 Å². The second-order valence-electron chi connectivity index (χ2n) is 8.91. The molecule has 2 fully saturated rings. The number of rotatable bonds is 8. The highest BCUT2D eigenvalue weighted by Gasteiger charge is 2.50. The number of hydrogen-bond donors (Lipinski definition) is 1. The first kappa shape index (κ1) is 22.9. The minimum absolute atomic E-state index is 0.0100. The molecule has 2 aliphatic rings. The van der Waals surface area contributed by atoms with E-state index in [0.717, 1.165) is 18.4 Å². The molecule has 30 heavy (non-hydrogen) atoms. The number of carbonyl (C=O) groups excluding carboxylic acids is 2. The molecular weight excluding hydrogens is 405 g/mol. The first-order valence-electron chi connectivity index (χ1n) is 10.6. The van der Waals surface area contributed by atoms with Crippen molar-refractivity contribution >= 4 is 26.0 Å². The van der Waals surface area contributed by atoms with Crippen molar-refractivity contribution in [1.29, 1.82) is 0 Å². The Morgan fingerprint density at radius 1 is 1.27 bits per heavy atom. The molecule has 1 amide bonds. The zero-order valence-corrected chi connectivity index (χ0v) is 19.1. The van der Waals surface area contributed by atoms with Gasteiger partial charge in [0.05, 0.1) is 18.6 Å². The second kappa shape index (κ2) is 9.16. The summed E-state index contributed by atoms with van der Waals surface area (Å²) in [6, 6.07) is 7.64. The zero-order valence-electron chi connectivity index (χ0n) is 18.1. The summed E-state index contributed by atoms with van der Waals surface area (Å²) in [5.41, 5.74) is 1.71. The smallest absolute Gasteiger partial charge is 0.304 e. The highest BCUT2D eigenvalue weighted by Crippen LogP contribution is 2.46. The lowest BCUT2D eigenvalue weighted by Crippen LogP contribution is -2.54. The van der Waals surface area contributed by atoms with Crippen LogP contribution in [-0.4, -0.2) is 50.4 Å². The van der Waals surface area contributed by atoms with Gasteiger partial charge in [0.1, 0.15) is 0 Å². The third-order valence-electron chi connectivity index (χ3n) is 6.25. The van der Waals surface area contributed by atoms with Crippen molar-refractivity contribution in [2.75, 3.05) is 11.5 Å². The number of esters is 1. The van der Waals surface area contributed by atoms with Gasteiger partial charge in [-0.25, -0.2) is 0 Å². The Kier molecular flexibility index (Phi) is 6.99. The average molecular weight is 438 g/mol. The van der Waals surface area contributed by atoms with E-state index >= 15 is 0 Å². The molecule has 2 aliphatic heterocycles. The van der Waals surface area contributed by atoms with Crippen molar-refractivity contribution in [3.63, 3.8) is 0 Å². The molecule has 8 heteroatoms. The van der Waals surface area contributed by atoms with Crippen LogP contribution in [0.5, 0.6) is 0 Å². The van der Waals surface area contributed by atoms with Crippen LogP contribution in [0.15, 0.2) is 24.3 Å². The molecule has 1 unspecified atom stereocenters. The van der Waals surface area contributed by atoms with Gasteiger partial charge in [0.15, 0.2) is 6.23 Å². The first-order chi connectivity index (χ1) is 14.1. The number of aliphatic hydroxyl groups is 1. The summed E-state index contributed by atoms with van der Waals surface area (Å²) >= 11 is 0. The van der Waals surface area contributed by atoms with E-state index in [9.17, 15) is 18.8 Å². The van der Waals surface area contributed by atoms with Crippen LogP contribution in [0.1, 0.15) is 38.7 Å². The highest BCUT2D eigenvalue weighted by atomic mass is 28.4. The van der Waals surface area contributed by atoms with Gasteiger partial charge in [-0.15, -0.1) is 0 Å². The van der Waals surface area contributed by atoms with E-state index < -0.39 is 20.6 Å². The molecule has 0 bridgehead atoms. The van der Waals surface area contributed by atoms with Crippen LogP contribution in [0.4, 0.5) is 9.80 Å². The Balaban J connectivity index is 1.60. The fraction of sp³-hybridized carbons (Fsp3) is 0.636. The predicted octanol–water partition coefficient (Wildman–Crippen LogP) is 3.58. The molecular formula is C22H32FNO5Si. The topological polar surface area (TPSA) is 76.1 Å². The highest BCUT2D eigenvalue weighted by molar-refractivity contribution is 6.72. The summed E-state index contributed by atoms with van der Waals surface area (Å²) in [6.07, 6.45) is 1.49. The number of nitrogens with zero attached hydrogens (tertiary/aromatic N) is 1. The van der Waals surface area contributed by atoms with E-state index in [-0.39, 0.29) is 42.6 Å². The summed E-state index contributed by atoms with van der Waals surface area (Å²) in [4.78, 5) is 24.6. The third-order valence-corrected chi connectivity index (χ3v) is 8.73. The molecule has 1 aromatic rings. The van der Waals surface area contributed by atoms with E-state index in [2.05, 4.69) is 6.92 Å². The van der Waals surface area contributed by atoms with E-state index in [4.69, 9.17) is 9.47 Å². The van der Waals surface area contributed by atoms with Crippen LogP contribution >= 0.6 is 0 Å². The van der Waals surface area contributed by atoms with Crippen molar-refractivity contribution in [1.82, 2.24) is 0 Å². The Morgan fingerprint density at radius 2 is 1.93 bits per heavy atom. The fourth-order valence-corrected chi connectivity index (χ4v) is 7.49. The Bertz CT molecular complexity index is 766. The molecule has 0 aromatic heterocycles. The molecule has 0 saturated carbocycles. The van der Waals surface area contributed by atoms with Gasteiger partial charge >= 0.3 is 5.97 Å².